The van der Waals surface area contributed by atoms with E-state index in [0.717, 1.165) is 26.1 Å². The first-order chi connectivity index (χ1) is 8.97. The highest BCUT2D eigenvalue weighted by molar-refractivity contribution is 6.29. The molecule has 1 aliphatic rings. The maximum atomic E-state index is 11.2. The standard InChI is InChI=1S/C13H18ClN3O2/c1-16-6-5-9(7-16)8-17(2)12-10(13(18)19)3-4-11(14)15-12/h3-4,9H,5-8H2,1-2H3,(H,18,19). The van der Waals surface area contributed by atoms with Gasteiger partial charge in [-0.15, -0.1) is 0 Å². The third kappa shape index (κ3) is 3.36. The van der Waals surface area contributed by atoms with Crippen LogP contribution in [0.1, 0.15) is 16.8 Å². The number of hydrogen-bond acceptors (Lipinski definition) is 4. The summed E-state index contributed by atoms with van der Waals surface area (Å²) in [7, 11) is 3.96. The largest absolute Gasteiger partial charge is 0.478 e. The van der Waals surface area contributed by atoms with Gasteiger partial charge in [-0.1, -0.05) is 11.6 Å². The van der Waals surface area contributed by atoms with E-state index in [9.17, 15) is 9.90 Å². The van der Waals surface area contributed by atoms with Crippen molar-refractivity contribution < 1.29 is 9.90 Å². The van der Waals surface area contributed by atoms with Crippen LogP contribution in [0.2, 0.25) is 5.15 Å². The Morgan fingerprint density at radius 2 is 2.37 bits per heavy atom. The number of carboxylic acids is 1. The monoisotopic (exact) mass is 283 g/mol. The number of carbonyl (C=O) groups is 1. The number of aromatic nitrogens is 1. The first kappa shape index (κ1) is 14.1. The molecule has 0 amide bonds. The molecule has 0 bridgehead atoms. The van der Waals surface area contributed by atoms with E-state index in [4.69, 9.17) is 11.6 Å². The summed E-state index contributed by atoms with van der Waals surface area (Å²) in [5.41, 5.74) is 0.193. The second-order valence-corrected chi connectivity index (χ2v) is 5.50. The molecule has 2 heterocycles. The van der Waals surface area contributed by atoms with Crippen LogP contribution in [0.5, 0.6) is 0 Å². The molecule has 1 aromatic heterocycles. The summed E-state index contributed by atoms with van der Waals surface area (Å²) in [4.78, 5) is 19.5. The van der Waals surface area contributed by atoms with Crippen LogP contribution in [0.15, 0.2) is 12.1 Å². The highest BCUT2D eigenvalue weighted by Crippen LogP contribution is 2.23. The first-order valence-corrected chi connectivity index (χ1v) is 6.64. The van der Waals surface area contributed by atoms with Crippen molar-refractivity contribution >= 4 is 23.4 Å². The van der Waals surface area contributed by atoms with Crippen molar-refractivity contribution in [1.82, 2.24) is 9.88 Å². The van der Waals surface area contributed by atoms with Crippen molar-refractivity contribution in [3.63, 3.8) is 0 Å². The van der Waals surface area contributed by atoms with Gasteiger partial charge in [0, 0.05) is 20.1 Å². The zero-order chi connectivity index (χ0) is 14.0. The molecule has 5 nitrogen and oxygen atoms in total. The smallest absolute Gasteiger partial charge is 0.339 e. The van der Waals surface area contributed by atoms with Crippen molar-refractivity contribution in [3.8, 4) is 0 Å². The Kier molecular flexibility index (Phi) is 4.27. The van der Waals surface area contributed by atoms with Crippen LogP contribution < -0.4 is 4.90 Å². The lowest BCUT2D eigenvalue weighted by molar-refractivity contribution is 0.0697. The topological polar surface area (TPSA) is 56.7 Å². The number of rotatable bonds is 4. The average Bonchev–Trinajstić information content (AvgIpc) is 2.74. The van der Waals surface area contributed by atoms with Crippen LogP contribution >= 0.6 is 11.6 Å². The van der Waals surface area contributed by atoms with Crippen LogP contribution in [0.25, 0.3) is 0 Å². The molecule has 0 aliphatic carbocycles. The van der Waals surface area contributed by atoms with Gasteiger partial charge >= 0.3 is 5.97 Å². The lowest BCUT2D eigenvalue weighted by Gasteiger charge is -2.23. The number of likely N-dealkylation sites (tertiary alicyclic amines) is 1. The van der Waals surface area contributed by atoms with E-state index in [2.05, 4.69) is 16.9 Å². The summed E-state index contributed by atoms with van der Waals surface area (Å²) in [5.74, 6) is 0.00142. The zero-order valence-corrected chi connectivity index (χ0v) is 11.9. The van der Waals surface area contributed by atoms with Gasteiger partial charge in [-0.05, 0) is 38.1 Å². The SMILES string of the molecule is CN1CCC(CN(C)c2nc(Cl)ccc2C(=O)O)C1. The number of pyridine rings is 1. The Balaban J connectivity index is 2.15. The van der Waals surface area contributed by atoms with Gasteiger partial charge in [0.1, 0.15) is 16.5 Å². The van der Waals surface area contributed by atoms with Crippen LogP contribution in [-0.4, -0.2) is 54.7 Å². The Labute approximate surface area is 117 Å². The van der Waals surface area contributed by atoms with Crippen LogP contribution in [0.3, 0.4) is 0 Å². The quantitative estimate of drug-likeness (QED) is 0.854. The molecule has 19 heavy (non-hydrogen) atoms. The summed E-state index contributed by atoms with van der Waals surface area (Å²) in [5, 5.41) is 9.51. The molecule has 2 rings (SSSR count). The zero-order valence-electron chi connectivity index (χ0n) is 11.1. The number of aromatic carboxylic acids is 1. The second kappa shape index (κ2) is 5.75. The molecular formula is C13H18ClN3O2. The van der Waals surface area contributed by atoms with Gasteiger partial charge in [0.05, 0.1) is 0 Å². The molecule has 0 aromatic carbocycles. The van der Waals surface area contributed by atoms with E-state index in [0.29, 0.717) is 16.9 Å². The molecule has 1 fully saturated rings. The van der Waals surface area contributed by atoms with Crippen LogP contribution in [0.4, 0.5) is 5.82 Å². The van der Waals surface area contributed by atoms with Crippen molar-refractivity contribution in [1.29, 1.82) is 0 Å². The van der Waals surface area contributed by atoms with Crippen molar-refractivity contribution in [3.05, 3.63) is 22.8 Å². The highest BCUT2D eigenvalue weighted by atomic mass is 35.5. The molecule has 0 spiro atoms. The van der Waals surface area contributed by atoms with E-state index in [1.165, 1.54) is 12.1 Å². The van der Waals surface area contributed by atoms with Crippen molar-refractivity contribution in [2.45, 2.75) is 6.42 Å². The minimum absolute atomic E-state index is 0.193. The maximum absolute atomic E-state index is 11.2. The third-order valence-electron chi connectivity index (χ3n) is 3.45. The third-order valence-corrected chi connectivity index (χ3v) is 3.66. The maximum Gasteiger partial charge on any atom is 0.339 e. The number of nitrogens with zero attached hydrogens (tertiary/aromatic N) is 3. The summed E-state index contributed by atoms with van der Waals surface area (Å²) >= 11 is 5.87. The molecule has 0 saturated carbocycles. The molecule has 1 saturated heterocycles. The second-order valence-electron chi connectivity index (χ2n) is 5.11. The normalized spacial score (nSPS) is 19.6. The van der Waals surface area contributed by atoms with E-state index < -0.39 is 5.97 Å². The van der Waals surface area contributed by atoms with Crippen molar-refractivity contribution in [2.24, 2.45) is 5.92 Å². The summed E-state index contributed by atoms with van der Waals surface area (Å²) in [6.45, 7) is 2.92. The molecule has 1 N–H and O–H groups in total. The average molecular weight is 284 g/mol. The number of halogens is 1. The predicted molar refractivity (Wildman–Crippen MR) is 75.1 cm³/mol. The Hall–Kier alpha value is -1.33. The molecule has 104 valence electrons. The van der Waals surface area contributed by atoms with Crippen molar-refractivity contribution in [2.75, 3.05) is 38.6 Å². The van der Waals surface area contributed by atoms with Gasteiger partial charge in [-0.3, -0.25) is 0 Å². The van der Waals surface area contributed by atoms with Gasteiger partial charge in [-0.2, -0.15) is 0 Å². The molecule has 0 radical (unpaired) electrons. The van der Waals surface area contributed by atoms with E-state index in [1.807, 2.05) is 11.9 Å². The van der Waals surface area contributed by atoms with Gasteiger partial charge in [0.15, 0.2) is 0 Å². The Morgan fingerprint density at radius 3 is 2.95 bits per heavy atom. The summed E-state index contributed by atoms with van der Waals surface area (Å²) in [6, 6.07) is 3.01. The first-order valence-electron chi connectivity index (χ1n) is 6.27. The fraction of sp³-hybridized carbons (Fsp3) is 0.538. The fourth-order valence-corrected chi connectivity index (χ4v) is 2.68. The number of anilines is 1. The van der Waals surface area contributed by atoms with Gasteiger partial charge in [0.25, 0.3) is 0 Å². The fourth-order valence-electron chi connectivity index (χ4n) is 2.53. The van der Waals surface area contributed by atoms with E-state index in [1.54, 1.807) is 0 Å². The highest BCUT2D eigenvalue weighted by Gasteiger charge is 2.23. The van der Waals surface area contributed by atoms with Gasteiger partial charge in [0.2, 0.25) is 0 Å². The molecular weight excluding hydrogens is 266 g/mol. The Bertz CT molecular complexity index is 481. The van der Waals surface area contributed by atoms with Crippen LogP contribution in [-0.2, 0) is 0 Å². The minimum Gasteiger partial charge on any atom is -0.478 e. The van der Waals surface area contributed by atoms with Gasteiger partial charge in [-0.25, -0.2) is 9.78 Å². The van der Waals surface area contributed by atoms with Gasteiger partial charge < -0.3 is 14.9 Å². The lowest BCUT2D eigenvalue weighted by atomic mass is 10.1. The van der Waals surface area contributed by atoms with E-state index >= 15 is 0 Å². The lowest BCUT2D eigenvalue weighted by Crippen LogP contribution is -2.29. The minimum atomic E-state index is -0.977. The molecule has 6 heteroatoms. The van der Waals surface area contributed by atoms with E-state index in [-0.39, 0.29) is 5.56 Å². The number of carboxylic acid groups (broad SMARTS) is 1. The Morgan fingerprint density at radius 1 is 1.63 bits per heavy atom. The van der Waals surface area contributed by atoms with Crippen LogP contribution in [0, 0.1) is 5.92 Å². The summed E-state index contributed by atoms with van der Waals surface area (Å²) in [6.07, 6.45) is 1.13. The number of hydrogen-bond donors (Lipinski definition) is 1. The molecule has 1 unspecified atom stereocenters. The summed E-state index contributed by atoms with van der Waals surface area (Å²) < 4.78 is 0. The molecule has 1 aromatic rings. The molecule has 1 atom stereocenters. The predicted octanol–water partition coefficient (Wildman–Crippen LogP) is 1.82. The molecule has 1 aliphatic heterocycles.